The number of carbonyl (C=O) groups is 2. The predicted molar refractivity (Wildman–Crippen MR) is 148 cm³/mol. The minimum absolute atomic E-state index is 0.347. The van der Waals surface area contributed by atoms with Crippen LogP contribution in [0.4, 0.5) is 11.5 Å². The molecule has 0 aliphatic carbocycles. The summed E-state index contributed by atoms with van der Waals surface area (Å²) in [4.78, 5) is 36.0. The number of benzene rings is 1. The summed E-state index contributed by atoms with van der Waals surface area (Å²) in [6.45, 7) is 8.47. The van der Waals surface area contributed by atoms with Crippen molar-refractivity contribution in [2.75, 3.05) is 36.4 Å². The zero-order chi connectivity index (χ0) is 25.8. The Kier molecular flexibility index (Phi) is 7.32. The van der Waals surface area contributed by atoms with Crippen molar-refractivity contribution >= 4 is 28.7 Å². The monoisotopic (exact) mass is 495 g/mol. The molecule has 0 bridgehead atoms. The number of likely N-dealkylation sites (N-methyl/N-ethyl adjacent to an activating group) is 1. The second-order valence-corrected chi connectivity index (χ2v) is 9.43. The number of ketones is 1. The Morgan fingerprint density at radius 2 is 1.81 bits per heavy atom. The van der Waals surface area contributed by atoms with Crippen molar-refractivity contribution in [2.45, 2.75) is 32.7 Å². The maximum atomic E-state index is 13.4. The average Bonchev–Trinajstić information content (AvgIpc) is 3.57. The van der Waals surface area contributed by atoms with Gasteiger partial charge in [-0.15, -0.1) is 0 Å². The van der Waals surface area contributed by atoms with E-state index in [1.54, 1.807) is 10.6 Å². The third-order valence-corrected chi connectivity index (χ3v) is 7.23. The number of nitrogens with zero attached hydrogens (tertiary/aromatic N) is 4. The highest BCUT2D eigenvalue weighted by atomic mass is 16.2. The molecule has 7 heteroatoms. The lowest BCUT2D eigenvalue weighted by molar-refractivity contribution is -0.112. The van der Waals surface area contributed by atoms with Crippen LogP contribution in [0.15, 0.2) is 79.1 Å². The Morgan fingerprint density at radius 3 is 2.54 bits per heavy atom. The number of anilines is 2. The van der Waals surface area contributed by atoms with Crippen LogP contribution in [0, 0.1) is 0 Å². The van der Waals surface area contributed by atoms with Gasteiger partial charge in [0.1, 0.15) is 11.5 Å². The van der Waals surface area contributed by atoms with Gasteiger partial charge >= 0.3 is 0 Å². The highest BCUT2D eigenvalue weighted by molar-refractivity contribution is 6.47. The molecule has 5 rings (SSSR count). The number of nitrogens with one attached hydrogen (secondary N) is 1. The highest BCUT2D eigenvalue weighted by Gasteiger charge is 2.28. The molecule has 4 aromatic rings. The standard InChI is InChI=1S/C30H33N5O2/c1-3-33(4-2)21-25-14-10-18-34(25)27-16-15-23(20-31-27)32-30(37)29(36)28-26(22-11-6-5-7-12-22)19-24-13-8-9-17-35(24)28/h5-9,11-13,15-17,19-20,25H,3-4,10,14,18,21H2,1-2H3,(H,32,37). The number of Topliss-reactive ketones (excluding diaryl/α,β-unsaturated/α-hetero) is 1. The van der Waals surface area contributed by atoms with Gasteiger partial charge in [0.2, 0.25) is 0 Å². The molecule has 190 valence electrons. The SMILES string of the molecule is CCN(CC)CC1CCCN1c1ccc(NC(=O)C(=O)c2c(-c3ccccc3)cc3ccccn23)cn1. The molecule has 1 unspecified atom stereocenters. The van der Waals surface area contributed by atoms with Crippen molar-refractivity contribution in [3.8, 4) is 11.1 Å². The van der Waals surface area contributed by atoms with Crippen molar-refractivity contribution in [1.82, 2.24) is 14.3 Å². The van der Waals surface area contributed by atoms with Gasteiger partial charge in [-0.25, -0.2) is 4.98 Å². The number of aromatic nitrogens is 2. The molecule has 1 saturated heterocycles. The van der Waals surface area contributed by atoms with Crippen LogP contribution in [0.1, 0.15) is 37.2 Å². The Hall–Kier alpha value is -3.97. The van der Waals surface area contributed by atoms with Gasteiger partial charge in [0.05, 0.1) is 11.9 Å². The summed E-state index contributed by atoms with van der Waals surface area (Å²) in [6.07, 6.45) is 5.75. The van der Waals surface area contributed by atoms with E-state index in [2.05, 4.69) is 33.9 Å². The van der Waals surface area contributed by atoms with Crippen LogP contribution in [0.3, 0.4) is 0 Å². The van der Waals surface area contributed by atoms with Gasteiger partial charge in [-0.1, -0.05) is 50.2 Å². The Bertz CT molecular complexity index is 1380. The Morgan fingerprint density at radius 1 is 1.03 bits per heavy atom. The number of pyridine rings is 2. The molecular weight excluding hydrogens is 462 g/mol. The predicted octanol–water partition coefficient (Wildman–Crippen LogP) is 5.13. The molecule has 1 amide bonds. The van der Waals surface area contributed by atoms with Crippen LogP contribution in [0.5, 0.6) is 0 Å². The largest absolute Gasteiger partial charge is 0.352 e. The lowest BCUT2D eigenvalue weighted by Crippen LogP contribution is -2.40. The van der Waals surface area contributed by atoms with Gasteiger partial charge in [0.25, 0.3) is 11.7 Å². The summed E-state index contributed by atoms with van der Waals surface area (Å²) in [5, 5.41) is 2.76. The van der Waals surface area contributed by atoms with E-state index in [-0.39, 0.29) is 0 Å². The van der Waals surface area contributed by atoms with Gasteiger partial charge < -0.3 is 19.5 Å². The quantitative estimate of drug-likeness (QED) is 0.257. The van der Waals surface area contributed by atoms with Gasteiger partial charge in [-0.3, -0.25) is 9.59 Å². The zero-order valence-electron chi connectivity index (χ0n) is 21.4. The lowest BCUT2D eigenvalue weighted by Gasteiger charge is -2.30. The van der Waals surface area contributed by atoms with E-state index in [0.29, 0.717) is 17.4 Å². The topological polar surface area (TPSA) is 70.0 Å². The maximum absolute atomic E-state index is 13.4. The normalized spacial score (nSPS) is 15.4. The van der Waals surface area contributed by atoms with E-state index >= 15 is 0 Å². The first-order valence-corrected chi connectivity index (χ1v) is 13.0. The second kappa shape index (κ2) is 11.0. The maximum Gasteiger partial charge on any atom is 0.298 e. The van der Waals surface area contributed by atoms with Gasteiger partial charge in [0.15, 0.2) is 0 Å². The van der Waals surface area contributed by atoms with Crippen molar-refractivity contribution < 1.29 is 9.59 Å². The number of hydrogen-bond donors (Lipinski definition) is 1. The molecule has 0 radical (unpaired) electrons. The summed E-state index contributed by atoms with van der Waals surface area (Å²) in [5.41, 5.74) is 3.32. The van der Waals surface area contributed by atoms with Crippen LogP contribution in [0.2, 0.25) is 0 Å². The zero-order valence-corrected chi connectivity index (χ0v) is 21.4. The number of carbonyl (C=O) groups excluding carboxylic acids is 2. The molecule has 0 spiro atoms. The first kappa shape index (κ1) is 24.7. The summed E-state index contributed by atoms with van der Waals surface area (Å²) >= 11 is 0. The fourth-order valence-corrected chi connectivity index (χ4v) is 5.23. The van der Waals surface area contributed by atoms with Crippen molar-refractivity contribution in [3.05, 3.63) is 84.8 Å². The van der Waals surface area contributed by atoms with Crippen molar-refractivity contribution in [1.29, 1.82) is 0 Å². The molecule has 1 N–H and O–H groups in total. The van der Waals surface area contributed by atoms with E-state index < -0.39 is 11.7 Å². The first-order valence-electron chi connectivity index (χ1n) is 13.0. The van der Waals surface area contributed by atoms with Crippen LogP contribution in [0.25, 0.3) is 16.6 Å². The molecule has 1 aliphatic rings. The van der Waals surface area contributed by atoms with E-state index in [0.717, 1.165) is 61.5 Å². The van der Waals surface area contributed by atoms with Gasteiger partial charge in [-0.2, -0.15) is 0 Å². The van der Waals surface area contributed by atoms with Crippen molar-refractivity contribution in [3.63, 3.8) is 0 Å². The summed E-state index contributed by atoms with van der Waals surface area (Å²) < 4.78 is 1.77. The lowest BCUT2D eigenvalue weighted by atomic mass is 10.0. The minimum Gasteiger partial charge on any atom is -0.352 e. The summed E-state index contributed by atoms with van der Waals surface area (Å²) in [7, 11) is 0. The molecule has 37 heavy (non-hydrogen) atoms. The third kappa shape index (κ3) is 5.13. The molecule has 0 saturated carbocycles. The van der Waals surface area contributed by atoms with Gasteiger partial charge in [0, 0.05) is 36.4 Å². The van der Waals surface area contributed by atoms with E-state index in [9.17, 15) is 9.59 Å². The Labute approximate surface area is 217 Å². The molecule has 4 heterocycles. The summed E-state index contributed by atoms with van der Waals surface area (Å²) in [6, 6.07) is 21.5. The number of fused-ring (bicyclic) bond motifs is 1. The second-order valence-electron chi connectivity index (χ2n) is 9.43. The van der Waals surface area contributed by atoms with Crippen LogP contribution >= 0.6 is 0 Å². The van der Waals surface area contributed by atoms with Crippen LogP contribution in [-0.4, -0.2) is 58.2 Å². The first-order chi connectivity index (χ1) is 18.1. The highest BCUT2D eigenvalue weighted by Crippen LogP contribution is 2.29. The fourth-order valence-electron chi connectivity index (χ4n) is 5.23. The third-order valence-electron chi connectivity index (χ3n) is 7.23. The molecule has 1 fully saturated rings. The number of hydrogen-bond acceptors (Lipinski definition) is 5. The van der Waals surface area contributed by atoms with E-state index in [1.165, 1.54) is 0 Å². The number of amides is 1. The molecular formula is C30H33N5O2. The summed E-state index contributed by atoms with van der Waals surface area (Å²) in [5.74, 6) is -0.368. The average molecular weight is 496 g/mol. The molecule has 7 nitrogen and oxygen atoms in total. The molecule has 1 aliphatic heterocycles. The smallest absolute Gasteiger partial charge is 0.298 e. The molecule has 3 aromatic heterocycles. The van der Waals surface area contributed by atoms with E-state index in [4.69, 9.17) is 0 Å². The molecule has 1 aromatic carbocycles. The van der Waals surface area contributed by atoms with Crippen molar-refractivity contribution in [2.24, 2.45) is 0 Å². The minimum atomic E-state index is -0.684. The van der Waals surface area contributed by atoms with Crippen LogP contribution < -0.4 is 10.2 Å². The van der Waals surface area contributed by atoms with E-state index in [1.807, 2.05) is 72.9 Å². The van der Waals surface area contributed by atoms with Gasteiger partial charge in [-0.05, 0) is 61.8 Å². The number of rotatable bonds is 9. The fraction of sp³-hybridized carbons (Fsp3) is 0.300. The molecule has 1 atom stereocenters. The Balaban J connectivity index is 1.34. The van der Waals surface area contributed by atoms with Crippen LogP contribution in [-0.2, 0) is 4.79 Å².